The van der Waals surface area contributed by atoms with Crippen molar-refractivity contribution >= 4 is 17.8 Å². The summed E-state index contributed by atoms with van der Waals surface area (Å²) < 4.78 is 0. The van der Waals surface area contributed by atoms with Crippen molar-refractivity contribution in [2.45, 2.75) is 38.0 Å². The Kier molecular flexibility index (Phi) is 6.14. The zero-order valence-corrected chi connectivity index (χ0v) is 15.8. The van der Waals surface area contributed by atoms with E-state index in [4.69, 9.17) is 5.11 Å². The molecule has 6 heteroatoms. The van der Waals surface area contributed by atoms with Crippen molar-refractivity contribution in [3.8, 4) is 0 Å². The van der Waals surface area contributed by atoms with Crippen LogP contribution in [0, 0.1) is 11.8 Å². The standard InChI is InChI=1S/C21H28N2O4/c1-22(14-20(25)23-9-5-8-17(13-23)21(26)27)19(24)12-15-10-18(11-15)16-6-3-2-4-7-16/h2-4,6-7,15,17-18H,5,8-14H2,1H3,(H,26,27). The predicted octanol–water partition coefficient (Wildman–Crippen LogP) is 2.35. The van der Waals surface area contributed by atoms with Gasteiger partial charge in [-0.2, -0.15) is 0 Å². The molecule has 3 rings (SSSR count). The molecule has 1 unspecified atom stereocenters. The second-order valence-corrected chi connectivity index (χ2v) is 7.92. The lowest BCUT2D eigenvalue weighted by Crippen LogP contribution is -2.47. The third-order valence-corrected chi connectivity index (χ3v) is 5.89. The molecule has 0 spiro atoms. The fourth-order valence-corrected chi connectivity index (χ4v) is 4.10. The molecule has 2 fully saturated rings. The number of piperidine rings is 1. The molecule has 1 heterocycles. The monoisotopic (exact) mass is 372 g/mol. The first kappa shape index (κ1) is 19.4. The van der Waals surface area contributed by atoms with E-state index in [2.05, 4.69) is 12.1 Å². The molecule has 1 aromatic carbocycles. The molecule has 1 aliphatic carbocycles. The van der Waals surface area contributed by atoms with Gasteiger partial charge in [-0.25, -0.2) is 0 Å². The largest absolute Gasteiger partial charge is 0.481 e. The summed E-state index contributed by atoms with van der Waals surface area (Å²) in [6.07, 6.45) is 3.82. The fraction of sp³-hybridized carbons (Fsp3) is 0.571. The van der Waals surface area contributed by atoms with Gasteiger partial charge in [0.2, 0.25) is 11.8 Å². The third kappa shape index (κ3) is 4.87. The van der Waals surface area contributed by atoms with Crippen molar-refractivity contribution in [2.75, 3.05) is 26.7 Å². The molecule has 1 aromatic rings. The fourth-order valence-electron chi connectivity index (χ4n) is 4.10. The van der Waals surface area contributed by atoms with Crippen LogP contribution in [0.15, 0.2) is 30.3 Å². The highest BCUT2D eigenvalue weighted by molar-refractivity contribution is 5.85. The number of nitrogens with zero attached hydrogens (tertiary/aromatic N) is 2. The van der Waals surface area contributed by atoms with Gasteiger partial charge in [-0.15, -0.1) is 0 Å². The highest BCUT2D eigenvalue weighted by Gasteiger charge is 2.33. The average Bonchev–Trinajstić information content (AvgIpc) is 2.64. The van der Waals surface area contributed by atoms with Gasteiger partial charge in [0.05, 0.1) is 12.5 Å². The summed E-state index contributed by atoms with van der Waals surface area (Å²) >= 11 is 0. The van der Waals surface area contributed by atoms with Crippen LogP contribution in [0.4, 0.5) is 0 Å². The number of likely N-dealkylation sites (N-methyl/N-ethyl adjacent to an activating group) is 1. The van der Waals surface area contributed by atoms with E-state index < -0.39 is 11.9 Å². The summed E-state index contributed by atoms with van der Waals surface area (Å²) in [5.74, 6) is -0.591. The zero-order valence-electron chi connectivity index (χ0n) is 15.8. The Balaban J connectivity index is 1.42. The Morgan fingerprint density at radius 2 is 1.89 bits per heavy atom. The molecule has 1 saturated carbocycles. The molecule has 27 heavy (non-hydrogen) atoms. The van der Waals surface area contributed by atoms with Crippen LogP contribution in [-0.2, 0) is 14.4 Å². The van der Waals surface area contributed by atoms with E-state index in [0.717, 1.165) is 12.8 Å². The number of amides is 2. The van der Waals surface area contributed by atoms with Crippen molar-refractivity contribution in [1.82, 2.24) is 9.80 Å². The van der Waals surface area contributed by atoms with Crippen LogP contribution in [0.1, 0.15) is 43.6 Å². The van der Waals surface area contributed by atoms with Gasteiger partial charge < -0.3 is 14.9 Å². The van der Waals surface area contributed by atoms with Gasteiger partial charge in [-0.05, 0) is 43.1 Å². The zero-order chi connectivity index (χ0) is 19.4. The molecule has 6 nitrogen and oxygen atoms in total. The maximum atomic E-state index is 12.4. The molecule has 0 radical (unpaired) electrons. The summed E-state index contributed by atoms with van der Waals surface area (Å²) in [6, 6.07) is 10.4. The van der Waals surface area contributed by atoms with Crippen molar-refractivity contribution in [2.24, 2.45) is 11.8 Å². The minimum Gasteiger partial charge on any atom is -0.481 e. The lowest BCUT2D eigenvalue weighted by molar-refractivity contribution is -0.147. The summed E-state index contributed by atoms with van der Waals surface area (Å²) in [4.78, 5) is 39.1. The van der Waals surface area contributed by atoms with Crippen LogP contribution >= 0.6 is 0 Å². The Morgan fingerprint density at radius 3 is 2.56 bits per heavy atom. The third-order valence-electron chi connectivity index (χ3n) is 5.89. The lowest BCUT2D eigenvalue weighted by atomic mass is 9.70. The first-order valence-corrected chi connectivity index (χ1v) is 9.73. The van der Waals surface area contributed by atoms with E-state index in [1.54, 1.807) is 11.9 Å². The minimum absolute atomic E-state index is 0.00773. The molecule has 1 atom stereocenters. The second-order valence-electron chi connectivity index (χ2n) is 7.92. The molecule has 2 amide bonds. The smallest absolute Gasteiger partial charge is 0.308 e. The van der Waals surface area contributed by atoms with Crippen molar-refractivity contribution < 1.29 is 19.5 Å². The first-order chi connectivity index (χ1) is 12.9. The summed E-state index contributed by atoms with van der Waals surface area (Å²) in [7, 11) is 1.66. The SMILES string of the molecule is CN(CC(=O)N1CCCC(C(=O)O)C1)C(=O)CC1CC(c2ccccc2)C1. The van der Waals surface area contributed by atoms with Gasteiger partial charge in [0.25, 0.3) is 0 Å². The van der Waals surface area contributed by atoms with Gasteiger partial charge in [0, 0.05) is 26.6 Å². The number of carbonyl (C=O) groups excluding carboxylic acids is 2. The Bertz CT molecular complexity index is 685. The highest BCUT2D eigenvalue weighted by Crippen LogP contribution is 2.43. The quantitative estimate of drug-likeness (QED) is 0.831. The van der Waals surface area contributed by atoms with Gasteiger partial charge in [0.1, 0.15) is 0 Å². The van der Waals surface area contributed by atoms with Crippen LogP contribution in [-0.4, -0.2) is 59.4 Å². The molecular weight excluding hydrogens is 344 g/mol. The van der Waals surface area contributed by atoms with Gasteiger partial charge in [-0.1, -0.05) is 30.3 Å². The van der Waals surface area contributed by atoms with Crippen LogP contribution in [0.5, 0.6) is 0 Å². The van der Waals surface area contributed by atoms with E-state index in [1.165, 1.54) is 10.5 Å². The number of carboxylic acids is 1. The first-order valence-electron chi connectivity index (χ1n) is 9.73. The molecule has 1 N–H and O–H groups in total. The number of carboxylic acid groups (broad SMARTS) is 1. The Hall–Kier alpha value is -2.37. The van der Waals surface area contributed by atoms with Crippen molar-refractivity contribution in [1.29, 1.82) is 0 Å². The lowest BCUT2D eigenvalue weighted by Gasteiger charge is -2.36. The Morgan fingerprint density at radius 1 is 1.19 bits per heavy atom. The van der Waals surface area contributed by atoms with E-state index in [1.807, 2.05) is 18.2 Å². The number of hydrogen-bond donors (Lipinski definition) is 1. The van der Waals surface area contributed by atoms with Gasteiger partial charge in [-0.3, -0.25) is 14.4 Å². The summed E-state index contributed by atoms with van der Waals surface area (Å²) in [5.41, 5.74) is 1.34. The van der Waals surface area contributed by atoms with Crippen LogP contribution in [0.3, 0.4) is 0 Å². The van der Waals surface area contributed by atoms with Gasteiger partial charge >= 0.3 is 5.97 Å². The molecule has 146 valence electrons. The highest BCUT2D eigenvalue weighted by atomic mass is 16.4. The molecule has 1 aliphatic heterocycles. The molecule has 2 aliphatic rings. The van der Waals surface area contributed by atoms with E-state index in [0.29, 0.717) is 37.6 Å². The number of rotatable bonds is 6. The van der Waals surface area contributed by atoms with Crippen molar-refractivity contribution in [3.63, 3.8) is 0 Å². The molecular formula is C21H28N2O4. The average molecular weight is 372 g/mol. The van der Waals surface area contributed by atoms with E-state index in [9.17, 15) is 14.4 Å². The second kappa shape index (κ2) is 8.55. The summed E-state index contributed by atoms with van der Waals surface area (Å²) in [6.45, 7) is 0.851. The number of benzene rings is 1. The number of aliphatic carboxylic acids is 1. The molecule has 1 saturated heterocycles. The Labute approximate surface area is 160 Å². The number of carbonyl (C=O) groups is 3. The van der Waals surface area contributed by atoms with Crippen molar-refractivity contribution in [3.05, 3.63) is 35.9 Å². The topological polar surface area (TPSA) is 77.9 Å². The number of hydrogen-bond acceptors (Lipinski definition) is 3. The van der Waals surface area contributed by atoms with E-state index >= 15 is 0 Å². The molecule has 0 bridgehead atoms. The number of likely N-dealkylation sites (tertiary alicyclic amines) is 1. The summed E-state index contributed by atoms with van der Waals surface area (Å²) in [5, 5.41) is 9.14. The van der Waals surface area contributed by atoms with Gasteiger partial charge in [0.15, 0.2) is 0 Å². The maximum absolute atomic E-state index is 12.4. The van der Waals surface area contributed by atoms with Crippen LogP contribution in [0.2, 0.25) is 0 Å². The molecule has 0 aromatic heterocycles. The predicted molar refractivity (Wildman–Crippen MR) is 101 cm³/mol. The van der Waals surface area contributed by atoms with Crippen LogP contribution < -0.4 is 0 Å². The minimum atomic E-state index is -0.852. The van der Waals surface area contributed by atoms with Crippen LogP contribution in [0.25, 0.3) is 0 Å². The normalized spacial score (nSPS) is 24.8. The maximum Gasteiger partial charge on any atom is 0.308 e. The van der Waals surface area contributed by atoms with E-state index in [-0.39, 0.29) is 24.9 Å².